The third-order valence-corrected chi connectivity index (χ3v) is 5.46. The first-order valence-corrected chi connectivity index (χ1v) is 10.5. The number of rotatable bonds is 8. The van der Waals surface area contributed by atoms with Gasteiger partial charge in [-0.05, 0) is 29.3 Å². The minimum absolute atomic E-state index is 0. The second-order valence-electron chi connectivity index (χ2n) is 6.71. The van der Waals surface area contributed by atoms with E-state index in [1.54, 1.807) is 35.2 Å². The van der Waals surface area contributed by atoms with E-state index in [2.05, 4.69) is 0 Å². The van der Waals surface area contributed by atoms with Gasteiger partial charge in [0.05, 0.1) is 17.1 Å². The molecule has 0 aliphatic carbocycles. The molecule has 8 heteroatoms. The van der Waals surface area contributed by atoms with Crippen LogP contribution in [0, 0.1) is 0 Å². The van der Waals surface area contributed by atoms with E-state index in [1.807, 2.05) is 36.4 Å². The van der Waals surface area contributed by atoms with Crippen molar-refractivity contribution in [3.63, 3.8) is 0 Å². The summed E-state index contributed by atoms with van der Waals surface area (Å²) >= 11 is 0. The van der Waals surface area contributed by atoms with Crippen LogP contribution in [0.4, 0.5) is 5.69 Å². The molecule has 2 atom stereocenters. The van der Waals surface area contributed by atoms with Gasteiger partial charge in [-0.3, -0.25) is 0 Å². The fourth-order valence-electron chi connectivity index (χ4n) is 3.10. The molecule has 2 N–H and O–H groups in total. The standard InChI is InChI=1S/C22H23NO5S.Li/c24-21(17-8-3-1-4-9-17)15-23(16-22(25)18-10-5-2-6-11-18)19-12-7-13-20(14-19)29(26,27)28;/h1-14,21-22,24-25H,15-16H2,(H,26,27,28);/q;+1/p-1. The third-order valence-electron chi connectivity index (χ3n) is 4.63. The summed E-state index contributed by atoms with van der Waals surface area (Å²) in [5, 5.41) is 21.3. The molecule has 0 radical (unpaired) electrons. The van der Waals surface area contributed by atoms with Gasteiger partial charge in [0.25, 0.3) is 0 Å². The van der Waals surface area contributed by atoms with Crippen molar-refractivity contribution < 1.29 is 42.0 Å². The van der Waals surface area contributed by atoms with Gasteiger partial charge in [0.1, 0.15) is 10.1 Å². The van der Waals surface area contributed by atoms with Crippen LogP contribution in [0.5, 0.6) is 0 Å². The van der Waals surface area contributed by atoms with Crippen molar-refractivity contribution in [2.24, 2.45) is 0 Å². The van der Waals surface area contributed by atoms with Gasteiger partial charge in [-0.15, -0.1) is 0 Å². The van der Waals surface area contributed by atoms with Crippen molar-refractivity contribution in [2.45, 2.75) is 17.1 Å². The Morgan fingerprint density at radius 1 is 0.767 bits per heavy atom. The summed E-state index contributed by atoms with van der Waals surface area (Å²) in [4.78, 5) is 1.31. The molecule has 30 heavy (non-hydrogen) atoms. The molecule has 0 amide bonds. The summed E-state index contributed by atoms with van der Waals surface area (Å²) in [5.41, 5.74) is 1.81. The summed E-state index contributed by atoms with van der Waals surface area (Å²) in [6.07, 6.45) is -1.74. The molecule has 6 nitrogen and oxygen atoms in total. The molecule has 0 saturated carbocycles. The molecule has 0 bridgehead atoms. The molecule has 0 aliphatic rings. The number of nitrogens with zero attached hydrogens (tertiary/aromatic N) is 1. The Morgan fingerprint density at radius 2 is 1.23 bits per heavy atom. The number of benzene rings is 3. The zero-order chi connectivity index (χ0) is 20.9. The first-order valence-electron chi connectivity index (χ1n) is 9.11. The minimum atomic E-state index is -4.62. The fourth-order valence-corrected chi connectivity index (χ4v) is 3.61. The summed E-state index contributed by atoms with van der Waals surface area (Å²) in [6.45, 7) is 0.215. The molecule has 0 aromatic heterocycles. The van der Waals surface area contributed by atoms with Crippen LogP contribution in [-0.2, 0) is 10.1 Å². The smallest absolute Gasteiger partial charge is 0.744 e. The second-order valence-corrected chi connectivity index (χ2v) is 8.09. The van der Waals surface area contributed by atoms with Crippen molar-refractivity contribution in [2.75, 3.05) is 18.0 Å². The zero-order valence-corrected chi connectivity index (χ0v) is 17.4. The second kappa shape index (κ2) is 10.8. The summed E-state index contributed by atoms with van der Waals surface area (Å²) < 4.78 is 34.3. The van der Waals surface area contributed by atoms with Crippen LogP contribution in [-0.4, -0.2) is 36.3 Å². The number of hydrogen-bond acceptors (Lipinski definition) is 6. The van der Waals surface area contributed by atoms with Crippen LogP contribution in [0.25, 0.3) is 0 Å². The first kappa shape index (κ1) is 24.2. The van der Waals surface area contributed by atoms with Gasteiger partial charge in [-0.25, -0.2) is 8.42 Å². The molecule has 2 unspecified atom stereocenters. The van der Waals surface area contributed by atoms with Crippen molar-refractivity contribution in [1.29, 1.82) is 0 Å². The van der Waals surface area contributed by atoms with Gasteiger partial charge in [-0.1, -0.05) is 66.7 Å². The largest absolute Gasteiger partial charge is 1.00 e. The van der Waals surface area contributed by atoms with Gasteiger partial charge in [0.2, 0.25) is 0 Å². The van der Waals surface area contributed by atoms with Crippen LogP contribution in [0.1, 0.15) is 23.3 Å². The molecule has 3 aromatic carbocycles. The van der Waals surface area contributed by atoms with Crippen molar-refractivity contribution in [3.05, 3.63) is 96.1 Å². The van der Waals surface area contributed by atoms with E-state index >= 15 is 0 Å². The van der Waals surface area contributed by atoms with Crippen LogP contribution < -0.4 is 23.8 Å². The van der Waals surface area contributed by atoms with E-state index in [0.29, 0.717) is 16.8 Å². The first-order chi connectivity index (χ1) is 13.8. The van der Waals surface area contributed by atoms with E-state index in [1.165, 1.54) is 18.2 Å². The monoisotopic (exact) mass is 419 g/mol. The minimum Gasteiger partial charge on any atom is -0.744 e. The van der Waals surface area contributed by atoms with Crippen molar-refractivity contribution >= 4 is 15.8 Å². The van der Waals surface area contributed by atoms with Gasteiger partial charge in [0, 0.05) is 18.8 Å². The van der Waals surface area contributed by atoms with E-state index in [9.17, 15) is 23.2 Å². The molecular weight excluding hydrogens is 397 g/mol. The van der Waals surface area contributed by atoms with Gasteiger partial charge >= 0.3 is 18.9 Å². The average Bonchev–Trinajstić information content (AvgIpc) is 2.74. The van der Waals surface area contributed by atoms with Crippen LogP contribution >= 0.6 is 0 Å². The normalized spacial score (nSPS) is 13.2. The van der Waals surface area contributed by atoms with Crippen molar-refractivity contribution in [3.8, 4) is 0 Å². The van der Waals surface area contributed by atoms with E-state index in [4.69, 9.17) is 0 Å². The Hall–Kier alpha value is -2.11. The number of aliphatic hydroxyl groups excluding tert-OH is 2. The predicted molar refractivity (Wildman–Crippen MR) is 109 cm³/mol. The Balaban J connectivity index is 0.00000320. The molecule has 0 heterocycles. The number of aliphatic hydroxyl groups is 2. The van der Waals surface area contributed by atoms with Crippen molar-refractivity contribution in [1.82, 2.24) is 0 Å². The van der Waals surface area contributed by atoms with Crippen LogP contribution in [0.15, 0.2) is 89.8 Å². The summed E-state index contributed by atoms with van der Waals surface area (Å²) in [5.74, 6) is 0. The maximum Gasteiger partial charge on any atom is 1.00 e. The zero-order valence-electron chi connectivity index (χ0n) is 16.6. The van der Waals surface area contributed by atoms with E-state index in [0.717, 1.165) is 0 Å². The Morgan fingerprint density at radius 3 is 1.67 bits per heavy atom. The van der Waals surface area contributed by atoms with E-state index in [-0.39, 0.29) is 36.8 Å². The number of anilines is 1. The van der Waals surface area contributed by atoms with Gasteiger partial charge < -0.3 is 19.7 Å². The fraction of sp³-hybridized carbons (Fsp3) is 0.182. The van der Waals surface area contributed by atoms with Gasteiger partial charge in [0.15, 0.2) is 0 Å². The maximum atomic E-state index is 11.4. The molecule has 0 saturated heterocycles. The number of hydrogen-bond donors (Lipinski definition) is 2. The van der Waals surface area contributed by atoms with Crippen LogP contribution in [0.3, 0.4) is 0 Å². The van der Waals surface area contributed by atoms with E-state index < -0.39 is 22.3 Å². The Labute approximate surface area is 188 Å². The maximum absolute atomic E-state index is 11.4. The Bertz CT molecular complexity index is 984. The molecule has 3 aromatic rings. The molecule has 0 spiro atoms. The summed E-state index contributed by atoms with van der Waals surface area (Å²) in [6, 6.07) is 23.7. The molecule has 152 valence electrons. The predicted octanol–water partition coefficient (Wildman–Crippen LogP) is -0.132. The SMILES string of the molecule is O=S(=O)([O-])c1cccc(N(CC(O)c2ccccc2)CC(O)c2ccccc2)c1.[Li+]. The van der Waals surface area contributed by atoms with Gasteiger partial charge in [-0.2, -0.15) is 0 Å². The topological polar surface area (TPSA) is 101 Å². The Kier molecular flexibility index (Phi) is 8.68. The average molecular weight is 419 g/mol. The quantitative estimate of drug-likeness (QED) is 0.390. The van der Waals surface area contributed by atoms with Crippen LogP contribution in [0.2, 0.25) is 0 Å². The third kappa shape index (κ3) is 6.44. The molecule has 3 rings (SSSR count). The molecular formula is C22H22LiNO5S. The molecule has 0 fully saturated rings. The molecule has 0 aliphatic heterocycles. The summed E-state index contributed by atoms with van der Waals surface area (Å²) in [7, 11) is -4.62.